The standard InChI is InChI=1S/C25H30N4O2S/c1-27(18-21-16-26-28(2)19-21)17-20-5-7-22(8-6-20)31-23-11-13-29(14-12-23)25(30)10-9-24-4-3-15-32-24/h3-10,15-16,19,23H,11-14,17-18H2,1-2H3. The van der Waals surface area contributed by atoms with Crippen LogP contribution >= 0.6 is 11.3 Å². The van der Waals surface area contributed by atoms with E-state index >= 15 is 0 Å². The van der Waals surface area contributed by atoms with Crippen molar-refractivity contribution in [3.8, 4) is 5.75 Å². The summed E-state index contributed by atoms with van der Waals surface area (Å²) in [5.41, 5.74) is 2.46. The summed E-state index contributed by atoms with van der Waals surface area (Å²) in [6, 6.07) is 12.4. The van der Waals surface area contributed by atoms with Crippen molar-refractivity contribution < 1.29 is 9.53 Å². The third kappa shape index (κ3) is 6.31. The minimum atomic E-state index is 0.0802. The third-order valence-corrected chi connectivity index (χ3v) is 6.41. The lowest BCUT2D eigenvalue weighted by molar-refractivity contribution is -0.127. The van der Waals surface area contributed by atoms with Gasteiger partial charge in [0, 0.05) is 68.8 Å². The van der Waals surface area contributed by atoms with Gasteiger partial charge in [-0.05, 0) is 42.3 Å². The van der Waals surface area contributed by atoms with Crippen LogP contribution in [0.2, 0.25) is 0 Å². The van der Waals surface area contributed by atoms with Crippen molar-refractivity contribution in [1.29, 1.82) is 0 Å². The van der Waals surface area contributed by atoms with E-state index < -0.39 is 0 Å². The predicted molar refractivity (Wildman–Crippen MR) is 128 cm³/mol. The number of nitrogens with zero attached hydrogens (tertiary/aromatic N) is 4. The quantitative estimate of drug-likeness (QED) is 0.483. The number of likely N-dealkylation sites (tertiary alicyclic amines) is 1. The number of aryl methyl sites for hydroxylation is 1. The number of hydrogen-bond acceptors (Lipinski definition) is 5. The molecule has 7 heteroatoms. The van der Waals surface area contributed by atoms with Gasteiger partial charge in [0.05, 0.1) is 6.20 Å². The van der Waals surface area contributed by atoms with E-state index in [0.29, 0.717) is 0 Å². The van der Waals surface area contributed by atoms with Crippen LogP contribution in [0.1, 0.15) is 28.8 Å². The highest BCUT2D eigenvalue weighted by atomic mass is 32.1. The molecule has 1 aliphatic heterocycles. The van der Waals surface area contributed by atoms with Crippen LogP contribution in [0.4, 0.5) is 0 Å². The van der Waals surface area contributed by atoms with Crippen LogP contribution in [-0.4, -0.2) is 51.7 Å². The molecule has 0 atom stereocenters. The van der Waals surface area contributed by atoms with Crippen molar-refractivity contribution in [2.75, 3.05) is 20.1 Å². The summed E-state index contributed by atoms with van der Waals surface area (Å²) in [6.07, 6.45) is 9.39. The minimum absolute atomic E-state index is 0.0802. The Hall–Kier alpha value is -2.90. The summed E-state index contributed by atoms with van der Waals surface area (Å²) < 4.78 is 8.01. The van der Waals surface area contributed by atoms with Crippen LogP contribution in [-0.2, 0) is 24.9 Å². The molecule has 0 spiro atoms. The van der Waals surface area contributed by atoms with Crippen molar-refractivity contribution >= 4 is 23.3 Å². The third-order valence-electron chi connectivity index (χ3n) is 5.58. The van der Waals surface area contributed by atoms with E-state index in [1.807, 2.05) is 52.6 Å². The topological polar surface area (TPSA) is 50.6 Å². The molecule has 2 aromatic heterocycles. The molecular weight excluding hydrogens is 420 g/mol. The molecule has 1 aromatic carbocycles. The van der Waals surface area contributed by atoms with Gasteiger partial charge >= 0.3 is 0 Å². The average Bonchev–Trinajstić information content (AvgIpc) is 3.45. The lowest BCUT2D eigenvalue weighted by Gasteiger charge is -2.31. The van der Waals surface area contributed by atoms with E-state index in [1.165, 1.54) is 11.1 Å². The minimum Gasteiger partial charge on any atom is -0.490 e. The number of ether oxygens (including phenoxy) is 1. The maximum absolute atomic E-state index is 12.4. The Labute approximate surface area is 193 Å². The molecule has 32 heavy (non-hydrogen) atoms. The van der Waals surface area contributed by atoms with Crippen LogP contribution in [0, 0.1) is 0 Å². The van der Waals surface area contributed by atoms with Crippen LogP contribution in [0.5, 0.6) is 5.75 Å². The molecule has 0 bridgehead atoms. The first-order valence-corrected chi connectivity index (χ1v) is 11.9. The summed E-state index contributed by atoms with van der Waals surface area (Å²) in [7, 11) is 4.05. The van der Waals surface area contributed by atoms with E-state index in [2.05, 4.69) is 41.3 Å². The SMILES string of the molecule is CN(Cc1ccc(OC2CCN(C(=O)C=Cc3cccs3)CC2)cc1)Cc1cnn(C)c1. The van der Waals surface area contributed by atoms with Gasteiger partial charge in [0.1, 0.15) is 11.9 Å². The fourth-order valence-electron chi connectivity index (χ4n) is 3.94. The zero-order valence-corrected chi connectivity index (χ0v) is 19.5. The van der Waals surface area contributed by atoms with Gasteiger partial charge in [-0.1, -0.05) is 18.2 Å². The number of piperidine rings is 1. The molecule has 1 amide bonds. The van der Waals surface area contributed by atoms with Crippen molar-refractivity contribution in [2.45, 2.75) is 32.0 Å². The van der Waals surface area contributed by atoms with Crippen molar-refractivity contribution in [3.63, 3.8) is 0 Å². The van der Waals surface area contributed by atoms with Crippen molar-refractivity contribution in [1.82, 2.24) is 19.6 Å². The Bertz CT molecular complexity index is 1020. The number of carbonyl (C=O) groups excluding carboxylic acids is 1. The van der Waals surface area contributed by atoms with Gasteiger partial charge in [-0.2, -0.15) is 5.10 Å². The zero-order valence-electron chi connectivity index (χ0n) is 18.7. The van der Waals surface area contributed by atoms with E-state index in [0.717, 1.165) is 49.6 Å². The van der Waals surface area contributed by atoms with E-state index in [-0.39, 0.29) is 12.0 Å². The zero-order chi connectivity index (χ0) is 22.3. The molecular formula is C25H30N4O2S. The van der Waals surface area contributed by atoms with E-state index in [1.54, 1.807) is 17.4 Å². The van der Waals surface area contributed by atoms with E-state index in [9.17, 15) is 4.79 Å². The smallest absolute Gasteiger partial charge is 0.246 e. The molecule has 0 unspecified atom stereocenters. The number of thiophene rings is 1. The Morgan fingerprint density at radius 3 is 2.59 bits per heavy atom. The van der Waals surface area contributed by atoms with Crippen LogP contribution < -0.4 is 4.74 Å². The molecule has 0 saturated carbocycles. The summed E-state index contributed by atoms with van der Waals surface area (Å²) in [4.78, 5) is 17.7. The van der Waals surface area contributed by atoms with Gasteiger partial charge in [-0.25, -0.2) is 0 Å². The number of hydrogen-bond donors (Lipinski definition) is 0. The molecule has 3 aromatic rings. The Balaban J connectivity index is 1.21. The normalized spacial score (nSPS) is 15.0. The number of rotatable bonds is 8. The Morgan fingerprint density at radius 2 is 1.94 bits per heavy atom. The highest BCUT2D eigenvalue weighted by Crippen LogP contribution is 2.21. The summed E-state index contributed by atoms with van der Waals surface area (Å²) >= 11 is 1.63. The second-order valence-electron chi connectivity index (χ2n) is 8.33. The summed E-state index contributed by atoms with van der Waals surface area (Å²) in [5.74, 6) is 0.975. The van der Waals surface area contributed by atoms with Gasteiger partial charge < -0.3 is 9.64 Å². The van der Waals surface area contributed by atoms with Gasteiger partial charge in [-0.15, -0.1) is 11.3 Å². The first-order valence-electron chi connectivity index (χ1n) is 11.0. The monoisotopic (exact) mass is 450 g/mol. The molecule has 0 aliphatic carbocycles. The van der Waals surface area contributed by atoms with Gasteiger partial charge in [0.2, 0.25) is 5.91 Å². The molecule has 168 valence electrons. The molecule has 0 radical (unpaired) electrons. The molecule has 1 aliphatic rings. The van der Waals surface area contributed by atoms with Crippen LogP contribution in [0.3, 0.4) is 0 Å². The highest BCUT2D eigenvalue weighted by Gasteiger charge is 2.22. The van der Waals surface area contributed by atoms with Gasteiger partial charge in [0.15, 0.2) is 0 Å². The molecule has 0 N–H and O–H groups in total. The van der Waals surface area contributed by atoms with Gasteiger partial charge in [-0.3, -0.25) is 14.4 Å². The molecule has 4 rings (SSSR count). The number of aromatic nitrogens is 2. The fourth-order valence-corrected chi connectivity index (χ4v) is 4.56. The first-order chi connectivity index (χ1) is 15.5. The van der Waals surface area contributed by atoms with Crippen molar-refractivity contribution in [2.24, 2.45) is 7.05 Å². The second kappa shape index (κ2) is 10.6. The number of benzene rings is 1. The summed E-state index contributed by atoms with van der Waals surface area (Å²) in [5, 5.41) is 6.24. The lowest BCUT2D eigenvalue weighted by atomic mass is 10.1. The molecule has 1 fully saturated rings. The lowest BCUT2D eigenvalue weighted by Crippen LogP contribution is -2.41. The molecule has 3 heterocycles. The largest absolute Gasteiger partial charge is 0.490 e. The highest BCUT2D eigenvalue weighted by molar-refractivity contribution is 7.10. The number of amides is 1. The summed E-state index contributed by atoms with van der Waals surface area (Å²) in [6.45, 7) is 3.20. The van der Waals surface area contributed by atoms with Gasteiger partial charge in [0.25, 0.3) is 0 Å². The maximum Gasteiger partial charge on any atom is 0.246 e. The fraction of sp³-hybridized carbons (Fsp3) is 0.360. The maximum atomic E-state index is 12.4. The predicted octanol–water partition coefficient (Wildman–Crippen LogP) is 4.20. The number of carbonyl (C=O) groups is 1. The Morgan fingerprint density at radius 1 is 1.19 bits per heavy atom. The Kier molecular flexibility index (Phi) is 7.39. The van der Waals surface area contributed by atoms with Crippen LogP contribution in [0.25, 0.3) is 6.08 Å². The molecule has 6 nitrogen and oxygen atoms in total. The first kappa shape index (κ1) is 22.3. The molecule has 1 saturated heterocycles. The van der Waals surface area contributed by atoms with Crippen LogP contribution in [0.15, 0.2) is 60.2 Å². The van der Waals surface area contributed by atoms with E-state index in [4.69, 9.17) is 4.74 Å². The average molecular weight is 451 g/mol. The second-order valence-corrected chi connectivity index (χ2v) is 9.31. The van der Waals surface area contributed by atoms with Crippen molar-refractivity contribution in [3.05, 3.63) is 76.3 Å².